The highest BCUT2D eigenvalue weighted by Crippen LogP contribution is 2.58. The van der Waals surface area contributed by atoms with Crippen LogP contribution in [0.25, 0.3) is 0 Å². The molecule has 4 heterocycles. The van der Waals surface area contributed by atoms with E-state index in [1.54, 1.807) is 28.5 Å². The number of likely N-dealkylation sites (tertiary alicyclic amines) is 1. The van der Waals surface area contributed by atoms with Crippen LogP contribution in [0.2, 0.25) is 0 Å². The normalized spacial score (nSPS) is 29.4. The molecule has 0 saturated carbocycles. The molecule has 2 aromatic carbocycles. The van der Waals surface area contributed by atoms with Crippen LogP contribution >= 0.6 is 0 Å². The summed E-state index contributed by atoms with van der Waals surface area (Å²) >= 11 is 0. The lowest BCUT2D eigenvalue weighted by Gasteiger charge is -2.34. The number of benzene rings is 2. The smallest absolute Gasteiger partial charge is 0.264 e. The Labute approximate surface area is 240 Å². The number of β-lactam (4-membered cyclic amide) rings is 1. The highest BCUT2D eigenvalue weighted by atomic mass is 16.5. The van der Waals surface area contributed by atoms with Gasteiger partial charge in [0.1, 0.15) is 0 Å². The summed E-state index contributed by atoms with van der Waals surface area (Å²) in [5.74, 6) is -1.15. The van der Waals surface area contributed by atoms with E-state index in [9.17, 15) is 24.6 Å². The first-order valence-corrected chi connectivity index (χ1v) is 14.7. The molecule has 0 radical (unpaired) electrons. The standard InChI is InChI=1S/C32H39N3O6/c1-20-29(31(2,3)40)26(17-28(38)33-14-7-10-23(33)19-36)41-32(20)24-11-4-5-12-25(24)35(30(32)39)18-21-8-6-9-22(16-21)34-15-13-27(34)37/h4-6,8-9,11-12,16,20,23,26,29,36,40H,7,10,13-15,17-19H2,1-3H3/t20-,23+,26+,29-,32+/m1/s1. The molecule has 4 aliphatic rings. The number of carbonyl (C=O) groups excluding carboxylic acids is 3. The summed E-state index contributed by atoms with van der Waals surface area (Å²) < 4.78 is 6.76. The van der Waals surface area contributed by atoms with E-state index in [1.165, 1.54) is 0 Å². The molecule has 3 saturated heterocycles. The Bertz CT molecular complexity index is 1370. The zero-order valence-corrected chi connectivity index (χ0v) is 24.0. The Hall–Kier alpha value is -3.27. The second-order valence-electron chi connectivity index (χ2n) is 12.5. The summed E-state index contributed by atoms with van der Waals surface area (Å²) in [7, 11) is 0. The van der Waals surface area contributed by atoms with Gasteiger partial charge >= 0.3 is 0 Å². The van der Waals surface area contributed by atoms with Gasteiger partial charge in [0, 0.05) is 42.6 Å². The van der Waals surface area contributed by atoms with Gasteiger partial charge in [-0.3, -0.25) is 14.4 Å². The monoisotopic (exact) mass is 561 g/mol. The quantitative estimate of drug-likeness (QED) is 0.503. The van der Waals surface area contributed by atoms with E-state index < -0.39 is 29.1 Å². The topological polar surface area (TPSA) is 111 Å². The van der Waals surface area contributed by atoms with Gasteiger partial charge in [-0.2, -0.15) is 0 Å². The van der Waals surface area contributed by atoms with E-state index in [4.69, 9.17) is 4.74 Å². The van der Waals surface area contributed by atoms with E-state index in [-0.39, 0.29) is 36.8 Å². The lowest BCUT2D eigenvalue weighted by molar-refractivity contribution is -0.150. The number of nitrogens with zero attached hydrogens (tertiary/aromatic N) is 3. The highest BCUT2D eigenvalue weighted by Gasteiger charge is 2.66. The molecule has 0 aromatic heterocycles. The van der Waals surface area contributed by atoms with Crippen LogP contribution in [0.15, 0.2) is 48.5 Å². The van der Waals surface area contributed by atoms with Crippen LogP contribution in [0.3, 0.4) is 0 Å². The Morgan fingerprint density at radius 2 is 1.90 bits per heavy atom. The van der Waals surface area contributed by atoms with Gasteiger partial charge < -0.3 is 29.6 Å². The lowest BCUT2D eigenvalue weighted by atomic mass is 9.71. The number of fused-ring (bicyclic) bond motifs is 2. The number of anilines is 2. The van der Waals surface area contributed by atoms with Crippen molar-refractivity contribution < 1.29 is 29.3 Å². The van der Waals surface area contributed by atoms with Crippen molar-refractivity contribution in [2.24, 2.45) is 11.8 Å². The Morgan fingerprint density at radius 1 is 1.12 bits per heavy atom. The Balaban J connectivity index is 1.33. The molecule has 0 aliphatic carbocycles. The van der Waals surface area contributed by atoms with Gasteiger partial charge in [0.25, 0.3) is 5.91 Å². The number of para-hydroxylation sites is 1. The average molecular weight is 562 g/mol. The van der Waals surface area contributed by atoms with Crippen molar-refractivity contribution >= 4 is 29.1 Å². The van der Waals surface area contributed by atoms with Crippen LogP contribution < -0.4 is 9.80 Å². The van der Waals surface area contributed by atoms with Crippen LogP contribution in [-0.2, 0) is 31.3 Å². The largest absolute Gasteiger partial charge is 0.394 e. The van der Waals surface area contributed by atoms with Gasteiger partial charge in [-0.25, -0.2) is 0 Å². The molecular formula is C32H39N3O6. The molecule has 5 atom stereocenters. The van der Waals surface area contributed by atoms with Gasteiger partial charge in [0.2, 0.25) is 11.8 Å². The molecule has 1 spiro atoms. The first-order valence-electron chi connectivity index (χ1n) is 14.7. The third-order valence-corrected chi connectivity index (χ3v) is 9.59. The Morgan fingerprint density at radius 3 is 2.59 bits per heavy atom. The molecule has 0 bridgehead atoms. The molecule has 6 rings (SSSR count). The minimum absolute atomic E-state index is 0.0264. The van der Waals surface area contributed by atoms with Gasteiger partial charge in [-0.05, 0) is 50.5 Å². The summed E-state index contributed by atoms with van der Waals surface area (Å²) in [6.07, 6.45) is 1.49. The van der Waals surface area contributed by atoms with Crippen LogP contribution in [-0.4, -0.2) is 70.3 Å². The fourth-order valence-electron chi connectivity index (χ4n) is 7.63. The van der Waals surface area contributed by atoms with Crippen molar-refractivity contribution in [2.45, 2.75) is 76.3 Å². The van der Waals surface area contributed by atoms with Crippen LogP contribution in [0, 0.1) is 11.8 Å². The minimum Gasteiger partial charge on any atom is -0.394 e. The fourth-order valence-corrected chi connectivity index (χ4v) is 7.63. The number of hydrogen-bond donors (Lipinski definition) is 2. The highest BCUT2D eigenvalue weighted by molar-refractivity contribution is 6.07. The second kappa shape index (κ2) is 10.2. The third-order valence-electron chi connectivity index (χ3n) is 9.59. The molecule has 4 aliphatic heterocycles. The van der Waals surface area contributed by atoms with Crippen molar-refractivity contribution in [1.29, 1.82) is 0 Å². The van der Waals surface area contributed by atoms with Crippen molar-refractivity contribution in [1.82, 2.24) is 4.90 Å². The van der Waals surface area contributed by atoms with Crippen molar-refractivity contribution in [3.05, 3.63) is 59.7 Å². The van der Waals surface area contributed by atoms with Crippen LogP contribution in [0.5, 0.6) is 0 Å². The van der Waals surface area contributed by atoms with Crippen molar-refractivity contribution in [3.63, 3.8) is 0 Å². The molecule has 3 amide bonds. The molecule has 0 unspecified atom stereocenters. The molecule has 3 fully saturated rings. The van der Waals surface area contributed by atoms with Crippen LogP contribution in [0.4, 0.5) is 11.4 Å². The molecule has 2 N–H and O–H groups in total. The van der Waals surface area contributed by atoms with Crippen LogP contribution in [0.1, 0.15) is 57.6 Å². The summed E-state index contributed by atoms with van der Waals surface area (Å²) in [5.41, 5.74) is 0.640. The predicted molar refractivity (Wildman–Crippen MR) is 153 cm³/mol. The maximum absolute atomic E-state index is 14.5. The van der Waals surface area contributed by atoms with E-state index in [0.717, 1.165) is 35.3 Å². The number of rotatable bonds is 7. The molecule has 41 heavy (non-hydrogen) atoms. The van der Waals surface area contributed by atoms with E-state index >= 15 is 0 Å². The predicted octanol–water partition coefficient (Wildman–Crippen LogP) is 2.96. The summed E-state index contributed by atoms with van der Waals surface area (Å²) in [6.45, 7) is 6.86. The van der Waals surface area contributed by atoms with Gasteiger partial charge in [0.05, 0.1) is 43.0 Å². The second-order valence-corrected chi connectivity index (χ2v) is 12.5. The zero-order chi connectivity index (χ0) is 29.1. The fraction of sp³-hybridized carbons (Fsp3) is 0.531. The van der Waals surface area contributed by atoms with Crippen molar-refractivity contribution in [3.8, 4) is 0 Å². The summed E-state index contributed by atoms with van der Waals surface area (Å²) in [4.78, 5) is 45.2. The molecule has 9 heteroatoms. The SMILES string of the molecule is C[C@@H]1[C@@H](C(C)(C)O)[C@H](CC(=O)N2CCC[C@H]2CO)O[C@@]12C(=O)N(Cc1cccc(N3CCC3=O)c1)c1ccccc12. The van der Waals surface area contributed by atoms with E-state index in [0.29, 0.717) is 26.1 Å². The van der Waals surface area contributed by atoms with Gasteiger partial charge in [-0.15, -0.1) is 0 Å². The molecule has 9 nitrogen and oxygen atoms in total. The number of carbonyl (C=O) groups is 3. The Kier molecular flexibility index (Phi) is 6.95. The molecule has 218 valence electrons. The third kappa shape index (κ3) is 4.45. The first kappa shape index (κ1) is 27.9. The maximum Gasteiger partial charge on any atom is 0.264 e. The average Bonchev–Trinajstić information content (AvgIpc) is 3.59. The summed E-state index contributed by atoms with van der Waals surface area (Å²) in [6, 6.07) is 15.1. The molecule has 2 aromatic rings. The minimum atomic E-state index is -1.35. The van der Waals surface area contributed by atoms with E-state index in [2.05, 4.69) is 0 Å². The van der Waals surface area contributed by atoms with Crippen molar-refractivity contribution in [2.75, 3.05) is 29.5 Å². The summed E-state index contributed by atoms with van der Waals surface area (Å²) in [5, 5.41) is 21.1. The number of hydrogen-bond acceptors (Lipinski definition) is 6. The number of aliphatic hydroxyl groups is 2. The number of aliphatic hydroxyl groups excluding tert-OH is 1. The van der Waals surface area contributed by atoms with E-state index in [1.807, 2.05) is 55.5 Å². The zero-order valence-electron chi connectivity index (χ0n) is 24.0. The maximum atomic E-state index is 14.5. The van der Waals surface area contributed by atoms with Gasteiger partial charge in [-0.1, -0.05) is 37.3 Å². The lowest BCUT2D eigenvalue weighted by Crippen LogP contribution is -2.46. The number of ether oxygens (including phenoxy) is 1. The molecular weight excluding hydrogens is 522 g/mol. The first-order chi connectivity index (χ1) is 19.6. The number of amides is 3. The van der Waals surface area contributed by atoms with Gasteiger partial charge in [0.15, 0.2) is 5.60 Å².